The predicted molar refractivity (Wildman–Crippen MR) is 125 cm³/mol. The van der Waals surface area contributed by atoms with Gasteiger partial charge >= 0.3 is 0 Å². The molecular weight excluding hydrogens is 356 g/mol. The van der Waals surface area contributed by atoms with Crippen molar-refractivity contribution in [2.75, 3.05) is 20.6 Å². The summed E-state index contributed by atoms with van der Waals surface area (Å²) in [6.07, 6.45) is 13.3. The van der Waals surface area contributed by atoms with Gasteiger partial charge in [0.2, 0.25) is 0 Å². The third-order valence-corrected chi connectivity index (χ3v) is 5.48. The lowest BCUT2D eigenvalue weighted by Crippen LogP contribution is -2.14. The monoisotopic (exact) mass is 384 g/mol. The van der Waals surface area contributed by atoms with Gasteiger partial charge < -0.3 is 19.4 Å². The summed E-state index contributed by atoms with van der Waals surface area (Å²) in [5.41, 5.74) is 8.10. The molecule has 0 bridgehead atoms. The molecule has 0 saturated carbocycles. The molecule has 3 aromatic heterocycles. The topological polar surface area (TPSA) is 39.8 Å². The Labute approximate surface area is 172 Å². The van der Waals surface area contributed by atoms with Crippen molar-refractivity contribution in [3.63, 3.8) is 0 Å². The third-order valence-electron chi connectivity index (χ3n) is 5.48. The van der Waals surface area contributed by atoms with Crippen molar-refractivity contribution in [1.82, 2.24) is 19.4 Å². The van der Waals surface area contributed by atoms with Crippen LogP contribution in [-0.2, 0) is 6.54 Å². The molecule has 0 saturated heterocycles. The lowest BCUT2D eigenvalue weighted by atomic mass is 9.97. The van der Waals surface area contributed by atoms with Crippen molar-refractivity contribution in [3.8, 4) is 22.3 Å². The second kappa shape index (κ2) is 8.02. The van der Waals surface area contributed by atoms with E-state index in [1.165, 1.54) is 27.6 Å². The first-order valence-electron chi connectivity index (χ1n) is 10.0. The lowest BCUT2D eigenvalue weighted by Gasteiger charge is -2.10. The Hall–Kier alpha value is -3.24. The molecule has 0 atom stereocenters. The maximum atomic E-state index is 4.00. The molecular formula is C25H28N4. The summed E-state index contributed by atoms with van der Waals surface area (Å²) in [6.45, 7) is 9.99. The maximum absolute atomic E-state index is 4.00. The fraction of sp³-hybridized carbons (Fsp3) is 0.200. The molecule has 148 valence electrons. The molecule has 3 heterocycles. The molecule has 4 aromatic rings. The number of nitrogens with one attached hydrogen (secondary N) is 2. The molecule has 1 aromatic carbocycles. The van der Waals surface area contributed by atoms with Gasteiger partial charge in [-0.2, -0.15) is 0 Å². The summed E-state index contributed by atoms with van der Waals surface area (Å²) in [5.74, 6) is 0. The van der Waals surface area contributed by atoms with Crippen LogP contribution >= 0.6 is 0 Å². The summed E-state index contributed by atoms with van der Waals surface area (Å²) in [5, 5.41) is 1.28. The summed E-state index contributed by atoms with van der Waals surface area (Å²) in [7, 11) is 4.24. The van der Waals surface area contributed by atoms with Crippen LogP contribution in [0, 0.1) is 0 Å². The van der Waals surface area contributed by atoms with Gasteiger partial charge in [-0.1, -0.05) is 37.4 Å². The highest BCUT2D eigenvalue weighted by Crippen LogP contribution is 2.39. The van der Waals surface area contributed by atoms with E-state index in [1.807, 2.05) is 18.3 Å². The fourth-order valence-electron chi connectivity index (χ4n) is 4.08. The first kappa shape index (κ1) is 19.1. The Bertz CT molecular complexity index is 1150. The highest BCUT2D eigenvalue weighted by Gasteiger charge is 2.18. The van der Waals surface area contributed by atoms with Gasteiger partial charge in [-0.25, -0.2) is 0 Å². The number of aryl methyl sites for hydroxylation is 1. The molecule has 0 amide bonds. The maximum Gasteiger partial charge on any atom is 0.0486 e. The third kappa shape index (κ3) is 3.47. The van der Waals surface area contributed by atoms with Crippen LogP contribution in [0.2, 0.25) is 0 Å². The number of rotatable bonds is 8. The van der Waals surface area contributed by atoms with Crippen LogP contribution in [0.15, 0.2) is 62.2 Å². The van der Waals surface area contributed by atoms with Crippen molar-refractivity contribution >= 4 is 23.1 Å². The number of aromatic amines is 2. The van der Waals surface area contributed by atoms with Crippen LogP contribution in [-0.4, -0.2) is 40.1 Å². The Kier molecular flexibility index (Phi) is 5.28. The lowest BCUT2D eigenvalue weighted by molar-refractivity contribution is 0.388. The van der Waals surface area contributed by atoms with Crippen LogP contribution in [0.1, 0.15) is 17.7 Å². The molecule has 0 fully saturated rings. The average molecular weight is 385 g/mol. The first-order valence-corrected chi connectivity index (χ1v) is 10.0. The molecule has 29 heavy (non-hydrogen) atoms. The number of aromatic nitrogens is 3. The molecule has 0 unspecified atom stereocenters. The van der Waals surface area contributed by atoms with E-state index in [0.717, 1.165) is 36.3 Å². The second-order valence-corrected chi connectivity index (χ2v) is 7.63. The average Bonchev–Trinajstić information content (AvgIpc) is 3.43. The first-order chi connectivity index (χ1) is 14.1. The van der Waals surface area contributed by atoms with Crippen molar-refractivity contribution in [1.29, 1.82) is 0 Å². The Balaban J connectivity index is 1.81. The fourth-order valence-corrected chi connectivity index (χ4v) is 4.08. The number of nitrogens with zero attached hydrogens (tertiary/aromatic N) is 2. The SMILES string of the molecule is C=Cc1[nH]cc(-c2c[nH]cc2-c2cn(CCCN(C)C)c3ccccc23)c1C=C. The second-order valence-electron chi connectivity index (χ2n) is 7.63. The van der Waals surface area contributed by atoms with E-state index in [4.69, 9.17) is 0 Å². The largest absolute Gasteiger partial charge is 0.366 e. The van der Waals surface area contributed by atoms with E-state index >= 15 is 0 Å². The van der Waals surface area contributed by atoms with Crippen LogP contribution < -0.4 is 0 Å². The van der Waals surface area contributed by atoms with Gasteiger partial charge in [-0.15, -0.1) is 0 Å². The number of para-hydroxylation sites is 1. The number of hydrogen-bond donors (Lipinski definition) is 2. The van der Waals surface area contributed by atoms with Gasteiger partial charge in [0, 0.05) is 75.7 Å². The van der Waals surface area contributed by atoms with E-state index in [0.29, 0.717) is 0 Å². The van der Waals surface area contributed by atoms with Crippen LogP contribution in [0.5, 0.6) is 0 Å². The molecule has 0 aliphatic carbocycles. The minimum absolute atomic E-state index is 0.994. The van der Waals surface area contributed by atoms with Crippen LogP contribution in [0.25, 0.3) is 45.3 Å². The Morgan fingerprint density at radius 2 is 1.72 bits per heavy atom. The molecule has 4 nitrogen and oxygen atoms in total. The highest BCUT2D eigenvalue weighted by atomic mass is 15.1. The van der Waals surface area contributed by atoms with Gasteiger partial charge in [0.15, 0.2) is 0 Å². The summed E-state index contributed by atoms with van der Waals surface area (Å²) >= 11 is 0. The molecule has 0 spiro atoms. The van der Waals surface area contributed by atoms with E-state index in [-0.39, 0.29) is 0 Å². The van der Waals surface area contributed by atoms with Gasteiger partial charge in [0.05, 0.1) is 0 Å². The van der Waals surface area contributed by atoms with Gasteiger partial charge in [-0.05, 0) is 39.2 Å². The minimum Gasteiger partial charge on any atom is -0.366 e. The van der Waals surface area contributed by atoms with Gasteiger partial charge in [0.25, 0.3) is 0 Å². The predicted octanol–water partition coefficient (Wildman–Crippen LogP) is 5.87. The highest BCUT2D eigenvalue weighted by molar-refractivity contribution is 6.01. The van der Waals surface area contributed by atoms with Gasteiger partial charge in [0.1, 0.15) is 0 Å². The zero-order valence-corrected chi connectivity index (χ0v) is 17.2. The van der Waals surface area contributed by atoms with E-state index in [9.17, 15) is 0 Å². The van der Waals surface area contributed by atoms with E-state index < -0.39 is 0 Å². The zero-order chi connectivity index (χ0) is 20.4. The molecule has 4 rings (SSSR count). The number of benzene rings is 1. The van der Waals surface area contributed by atoms with E-state index in [2.05, 4.69) is 89.5 Å². The van der Waals surface area contributed by atoms with Crippen molar-refractivity contribution in [3.05, 3.63) is 73.5 Å². The smallest absolute Gasteiger partial charge is 0.0486 e. The van der Waals surface area contributed by atoms with Crippen molar-refractivity contribution in [2.45, 2.75) is 13.0 Å². The molecule has 0 radical (unpaired) electrons. The van der Waals surface area contributed by atoms with Crippen LogP contribution in [0.3, 0.4) is 0 Å². The normalized spacial score (nSPS) is 11.4. The number of fused-ring (bicyclic) bond motifs is 1. The quantitative estimate of drug-likeness (QED) is 0.392. The Morgan fingerprint density at radius 1 is 0.966 bits per heavy atom. The standard InChI is InChI=1S/C25H28N4/c1-5-18-22(16-27-24(18)6-2)20-14-26-15-21(20)23-17-29(13-9-12-28(3)4)25-11-8-7-10-19(23)25/h5-8,10-11,14-17,26-27H,1-2,9,12-13H2,3-4H3. The van der Waals surface area contributed by atoms with Crippen molar-refractivity contribution < 1.29 is 0 Å². The molecule has 2 N–H and O–H groups in total. The molecule has 4 heteroatoms. The summed E-state index contributed by atoms with van der Waals surface area (Å²) < 4.78 is 2.38. The summed E-state index contributed by atoms with van der Waals surface area (Å²) in [6, 6.07) is 8.65. The minimum atomic E-state index is 0.994. The van der Waals surface area contributed by atoms with E-state index in [1.54, 1.807) is 0 Å². The zero-order valence-electron chi connectivity index (χ0n) is 17.2. The molecule has 0 aliphatic rings. The number of hydrogen-bond acceptors (Lipinski definition) is 1. The van der Waals surface area contributed by atoms with Crippen molar-refractivity contribution in [2.24, 2.45) is 0 Å². The molecule has 0 aliphatic heterocycles. The van der Waals surface area contributed by atoms with Gasteiger partial charge in [-0.3, -0.25) is 0 Å². The summed E-state index contributed by atoms with van der Waals surface area (Å²) in [4.78, 5) is 8.86. The number of H-pyrrole nitrogens is 2. The Morgan fingerprint density at radius 3 is 2.45 bits per heavy atom. The van der Waals surface area contributed by atoms with Crippen LogP contribution in [0.4, 0.5) is 0 Å².